The Morgan fingerprint density at radius 1 is 1.13 bits per heavy atom. The van der Waals surface area contributed by atoms with E-state index in [0.717, 1.165) is 15.7 Å². The van der Waals surface area contributed by atoms with E-state index in [1.165, 1.54) is 0 Å². The third-order valence-corrected chi connectivity index (χ3v) is 4.48. The number of benzene rings is 1. The third kappa shape index (κ3) is 3.96. The van der Waals surface area contributed by atoms with E-state index in [9.17, 15) is 9.59 Å². The van der Waals surface area contributed by atoms with Crippen LogP contribution < -0.4 is 10.6 Å². The second-order valence-corrected chi connectivity index (χ2v) is 6.35. The van der Waals surface area contributed by atoms with E-state index in [2.05, 4.69) is 31.5 Å². The number of halogens is 1. The Morgan fingerprint density at radius 2 is 1.91 bits per heavy atom. The number of pyridine rings is 1. The van der Waals surface area contributed by atoms with Gasteiger partial charge in [0.15, 0.2) is 0 Å². The number of carbonyl (C=O) groups is 2. The van der Waals surface area contributed by atoms with Crippen LogP contribution in [-0.2, 0) is 16.1 Å². The summed E-state index contributed by atoms with van der Waals surface area (Å²) in [7, 11) is 0. The fourth-order valence-electron chi connectivity index (χ4n) is 2.39. The average Bonchev–Trinajstić information content (AvgIpc) is 3.36. The predicted octanol–water partition coefficient (Wildman–Crippen LogP) is 2.74. The molecule has 1 aliphatic rings. The van der Waals surface area contributed by atoms with Crippen molar-refractivity contribution in [3.8, 4) is 0 Å². The molecule has 1 aromatic carbocycles. The summed E-state index contributed by atoms with van der Waals surface area (Å²) in [6.07, 6.45) is 3.99. The van der Waals surface area contributed by atoms with Crippen LogP contribution in [0, 0.1) is 11.8 Å². The molecule has 2 amide bonds. The molecule has 0 bridgehead atoms. The van der Waals surface area contributed by atoms with Crippen LogP contribution in [0.2, 0.25) is 0 Å². The number of rotatable bonds is 5. The molecule has 1 heterocycles. The van der Waals surface area contributed by atoms with E-state index in [0.29, 0.717) is 13.0 Å². The van der Waals surface area contributed by atoms with Gasteiger partial charge in [-0.1, -0.05) is 18.2 Å². The first-order valence-electron chi connectivity index (χ1n) is 7.37. The normalized spacial score (nSPS) is 19.0. The molecule has 2 unspecified atom stereocenters. The average molecular weight is 374 g/mol. The van der Waals surface area contributed by atoms with Gasteiger partial charge >= 0.3 is 0 Å². The van der Waals surface area contributed by atoms with Gasteiger partial charge in [0.2, 0.25) is 11.8 Å². The zero-order chi connectivity index (χ0) is 16.2. The molecule has 3 rings (SSSR count). The van der Waals surface area contributed by atoms with Gasteiger partial charge in [0.05, 0.1) is 17.5 Å². The van der Waals surface area contributed by atoms with Gasteiger partial charge in [0.25, 0.3) is 0 Å². The SMILES string of the molecule is O=C(NCc1cccnc1)C1CC1C(=O)Nc1ccccc1Br. The number of hydrogen-bond donors (Lipinski definition) is 2. The topological polar surface area (TPSA) is 71.1 Å². The van der Waals surface area contributed by atoms with Crippen LogP contribution in [0.4, 0.5) is 5.69 Å². The van der Waals surface area contributed by atoms with E-state index in [1.807, 2.05) is 36.4 Å². The molecule has 1 aliphatic carbocycles. The largest absolute Gasteiger partial charge is 0.352 e. The van der Waals surface area contributed by atoms with Gasteiger partial charge in [-0.2, -0.15) is 0 Å². The van der Waals surface area contributed by atoms with E-state index in [1.54, 1.807) is 12.4 Å². The Morgan fingerprint density at radius 3 is 2.65 bits per heavy atom. The number of para-hydroxylation sites is 1. The number of nitrogens with one attached hydrogen (secondary N) is 2. The van der Waals surface area contributed by atoms with Gasteiger partial charge in [0.1, 0.15) is 0 Å². The minimum atomic E-state index is -0.254. The second kappa shape index (κ2) is 6.91. The van der Waals surface area contributed by atoms with Crippen molar-refractivity contribution in [2.75, 3.05) is 5.32 Å². The van der Waals surface area contributed by atoms with Gasteiger partial charge < -0.3 is 10.6 Å². The molecule has 1 aromatic heterocycles. The third-order valence-electron chi connectivity index (χ3n) is 3.79. The minimum absolute atomic E-state index is 0.0823. The van der Waals surface area contributed by atoms with Crippen molar-refractivity contribution in [3.05, 3.63) is 58.8 Å². The Hall–Kier alpha value is -2.21. The van der Waals surface area contributed by atoms with Crippen LogP contribution in [-0.4, -0.2) is 16.8 Å². The molecule has 2 aromatic rings. The van der Waals surface area contributed by atoms with Crippen molar-refractivity contribution in [2.45, 2.75) is 13.0 Å². The lowest BCUT2D eigenvalue weighted by Gasteiger charge is -2.07. The minimum Gasteiger partial charge on any atom is -0.352 e. The van der Waals surface area contributed by atoms with Crippen molar-refractivity contribution in [1.29, 1.82) is 0 Å². The summed E-state index contributed by atoms with van der Waals surface area (Å²) in [6, 6.07) is 11.1. The maximum atomic E-state index is 12.2. The molecular weight excluding hydrogens is 358 g/mol. The molecule has 0 radical (unpaired) electrons. The fourth-order valence-corrected chi connectivity index (χ4v) is 2.77. The highest BCUT2D eigenvalue weighted by molar-refractivity contribution is 9.10. The molecule has 1 saturated carbocycles. The van der Waals surface area contributed by atoms with Crippen LogP contribution in [0.1, 0.15) is 12.0 Å². The van der Waals surface area contributed by atoms with Crippen LogP contribution in [0.15, 0.2) is 53.3 Å². The summed E-state index contributed by atoms with van der Waals surface area (Å²) < 4.78 is 0.826. The Labute approximate surface area is 142 Å². The first kappa shape index (κ1) is 15.7. The summed E-state index contributed by atoms with van der Waals surface area (Å²) in [5, 5.41) is 5.71. The molecule has 23 heavy (non-hydrogen) atoms. The maximum Gasteiger partial charge on any atom is 0.228 e. The lowest BCUT2D eigenvalue weighted by atomic mass is 10.2. The monoisotopic (exact) mass is 373 g/mol. The van der Waals surface area contributed by atoms with Gasteiger partial charge in [-0.3, -0.25) is 14.6 Å². The number of hydrogen-bond acceptors (Lipinski definition) is 3. The van der Waals surface area contributed by atoms with Crippen LogP contribution >= 0.6 is 15.9 Å². The summed E-state index contributed by atoms with van der Waals surface area (Å²) in [4.78, 5) is 28.3. The molecule has 0 saturated heterocycles. The molecular formula is C17H16BrN3O2. The smallest absolute Gasteiger partial charge is 0.228 e. The zero-order valence-electron chi connectivity index (χ0n) is 12.3. The highest BCUT2D eigenvalue weighted by Gasteiger charge is 2.47. The lowest BCUT2D eigenvalue weighted by Crippen LogP contribution is -2.27. The Balaban J connectivity index is 1.49. The molecule has 6 heteroatoms. The van der Waals surface area contributed by atoms with Crippen molar-refractivity contribution in [3.63, 3.8) is 0 Å². The Bertz CT molecular complexity index is 721. The van der Waals surface area contributed by atoms with E-state index >= 15 is 0 Å². The second-order valence-electron chi connectivity index (χ2n) is 5.50. The van der Waals surface area contributed by atoms with Gasteiger partial charge in [-0.25, -0.2) is 0 Å². The number of amides is 2. The molecule has 0 spiro atoms. The molecule has 5 nitrogen and oxygen atoms in total. The number of nitrogens with zero attached hydrogens (tertiary/aromatic N) is 1. The van der Waals surface area contributed by atoms with Crippen LogP contribution in [0.25, 0.3) is 0 Å². The van der Waals surface area contributed by atoms with Crippen molar-refractivity contribution < 1.29 is 9.59 Å². The van der Waals surface area contributed by atoms with Crippen molar-refractivity contribution in [1.82, 2.24) is 10.3 Å². The quantitative estimate of drug-likeness (QED) is 0.846. The number of carbonyl (C=O) groups excluding carboxylic acids is 2. The first-order chi connectivity index (χ1) is 11.1. The summed E-state index contributed by atoms with van der Waals surface area (Å²) in [6.45, 7) is 0.432. The summed E-state index contributed by atoms with van der Waals surface area (Å²) in [5.74, 6) is -0.690. The highest BCUT2D eigenvalue weighted by Crippen LogP contribution is 2.40. The number of anilines is 1. The molecule has 2 atom stereocenters. The molecule has 2 N–H and O–H groups in total. The van der Waals surface area contributed by atoms with E-state index < -0.39 is 0 Å². The van der Waals surface area contributed by atoms with Gasteiger partial charge in [0, 0.05) is 23.4 Å². The van der Waals surface area contributed by atoms with Gasteiger partial charge in [-0.05, 0) is 46.1 Å². The molecule has 1 fully saturated rings. The van der Waals surface area contributed by atoms with E-state index in [4.69, 9.17) is 0 Å². The highest BCUT2D eigenvalue weighted by atomic mass is 79.9. The van der Waals surface area contributed by atoms with Crippen LogP contribution in [0.5, 0.6) is 0 Å². The van der Waals surface area contributed by atoms with Crippen LogP contribution in [0.3, 0.4) is 0 Å². The Kier molecular flexibility index (Phi) is 4.71. The van der Waals surface area contributed by atoms with Crippen molar-refractivity contribution >= 4 is 33.4 Å². The molecule has 0 aliphatic heterocycles. The van der Waals surface area contributed by atoms with Gasteiger partial charge in [-0.15, -0.1) is 0 Å². The predicted molar refractivity (Wildman–Crippen MR) is 90.5 cm³/mol. The maximum absolute atomic E-state index is 12.2. The summed E-state index contributed by atoms with van der Waals surface area (Å²) in [5.41, 5.74) is 1.66. The molecule has 118 valence electrons. The first-order valence-corrected chi connectivity index (χ1v) is 8.16. The van der Waals surface area contributed by atoms with Crippen molar-refractivity contribution in [2.24, 2.45) is 11.8 Å². The zero-order valence-corrected chi connectivity index (χ0v) is 13.9. The fraction of sp³-hybridized carbons (Fsp3) is 0.235. The summed E-state index contributed by atoms with van der Waals surface area (Å²) >= 11 is 3.39. The lowest BCUT2D eigenvalue weighted by molar-refractivity contribution is -0.125. The standard InChI is InChI=1S/C17H16BrN3O2/c18-14-5-1-2-6-15(14)21-17(23)13-8-12(13)16(22)20-10-11-4-3-7-19-9-11/h1-7,9,12-13H,8,10H2,(H,20,22)(H,21,23). The number of aromatic nitrogens is 1. The van der Waals surface area contributed by atoms with E-state index in [-0.39, 0.29) is 23.7 Å².